The molecule has 0 saturated heterocycles. The maximum Gasteiger partial charge on any atom is 0.150 e. The molecule has 0 fully saturated rings. The van der Waals surface area contributed by atoms with Gasteiger partial charge >= 0.3 is 0 Å². The van der Waals surface area contributed by atoms with Crippen LogP contribution in [0.1, 0.15) is 9.75 Å². The Balaban J connectivity index is 2.36. The van der Waals surface area contributed by atoms with Gasteiger partial charge in [-0.05, 0) is 35.0 Å². The van der Waals surface area contributed by atoms with E-state index in [2.05, 4.69) is 0 Å². The van der Waals surface area contributed by atoms with E-state index >= 15 is 0 Å². The first-order valence-corrected chi connectivity index (χ1v) is 7.00. The smallest absolute Gasteiger partial charge is 0.150 e. The molecule has 0 amide bonds. The first-order chi connectivity index (χ1) is 8.83. The summed E-state index contributed by atoms with van der Waals surface area (Å²) in [5.74, 6) is 0. The number of carbonyl (C=O) groups is 2. The summed E-state index contributed by atoms with van der Waals surface area (Å²) in [6.45, 7) is 0. The number of thiophene rings is 2. The summed E-state index contributed by atoms with van der Waals surface area (Å²) in [5.41, 5.74) is 0.807. The Morgan fingerprint density at radius 1 is 0.833 bits per heavy atom. The molecule has 18 heavy (non-hydrogen) atoms. The van der Waals surface area contributed by atoms with Crippen molar-refractivity contribution in [2.75, 3.05) is 0 Å². The first-order valence-electron chi connectivity index (χ1n) is 5.24. The third-order valence-corrected chi connectivity index (χ3v) is 3.91. The van der Waals surface area contributed by atoms with Crippen LogP contribution in [0.3, 0.4) is 0 Å². The maximum atomic E-state index is 11.1. The molecule has 0 bridgehead atoms. The molecule has 0 atom stereocenters. The van der Waals surface area contributed by atoms with E-state index in [0.29, 0.717) is 23.7 Å². The summed E-state index contributed by atoms with van der Waals surface area (Å²) < 4.78 is 0. The maximum absolute atomic E-state index is 11.1. The van der Waals surface area contributed by atoms with Gasteiger partial charge in [-0.3, -0.25) is 9.59 Å². The van der Waals surface area contributed by atoms with E-state index in [0.717, 1.165) is 9.75 Å². The van der Waals surface area contributed by atoms with Crippen molar-refractivity contribution in [2.24, 2.45) is 0 Å². The summed E-state index contributed by atoms with van der Waals surface area (Å²) >= 11 is 3.05. The first kappa shape index (κ1) is 12.7. The van der Waals surface area contributed by atoms with Crippen molar-refractivity contribution in [1.82, 2.24) is 0 Å². The summed E-state index contributed by atoms with van der Waals surface area (Å²) in [5, 5.41) is 3.86. The molecule has 0 aliphatic rings. The van der Waals surface area contributed by atoms with Crippen LogP contribution >= 0.6 is 22.7 Å². The summed E-state index contributed by atoms with van der Waals surface area (Å²) in [6.07, 6.45) is 4.89. The predicted octanol–water partition coefficient (Wildman–Crippen LogP) is 3.67. The molecular formula is C14H10O2S2. The monoisotopic (exact) mass is 274 g/mol. The SMILES string of the molecule is O=CC(=C\c1cccs1)/C(C=O)=C/c1cccs1. The number of hydrogen-bond donors (Lipinski definition) is 0. The molecule has 0 aliphatic carbocycles. The molecule has 0 spiro atoms. The van der Waals surface area contributed by atoms with Gasteiger partial charge in [-0.2, -0.15) is 0 Å². The molecule has 0 N–H and O–H groups in total. The molecule has 2 rings (SSSR count). The van der Waals surface area contributed by atoms with Gasteiger partial charge in [0.1, 0.15) is 0 Å². The van der Waals surface area contributed by atoms with Gasteiger partial charge in [0.2, 0.25) is 0 Å². The third kappa shape index (κ3) is 3.12. The molecule has 90 valence electrons. The average molecular weight is 274 g/mol. The van der Waals surface area contributed by atoms with Gasteiger partial charge in [0.05, 0.1) is 0 Å². The van der Waals surface area contributed by atoms with Crippen LogP contribution in [0.15, 0.2) is 46.2 Å². The van der Waals surface area contributed by atoms with Crippen molar-refractivity contribution >= 4 is 47.4 Å². The lowest BCUT2D eigenvalue weighted by atomic mass is 10.1. The van der Waals surface area contributed by atoms with E-state index in [-0.39, 0.29) is 0 Å². The van der Waals surface area contributed by atoms with Crippen molar-refractivity contribution in [3.8, 4) is 0 Å². The molecule has 2 nitrogen and oxygen atoms in total. The van der Waals surface area contributed by atoms with E-state index < -0.39 is 0 Å². The van der Waals surface area contributed by atoms with Gasteiger partial charge in [0, 0.05) is 20.9 Å². The number of rotatable bonds is 5. The molecule has 2 heterocycles. The second-order valence-electron chi connectivity index (χ2n) is 3.47. The fraction of sp³-hybridized carbons (Fsp3) is 0. The minimum atomic E-state index is 0.404. The summed E-state index contributed by atoms with van der Waals surface area (Å²) in [4.78, 5) is 24.1. The quantitative estimate of drug-likeness (QED) is 0.473. The van der Waals surface area contributed by atoms with E-state index in [1.54, 1.807) is 12.2 Å². The zero-order chi connectivity index (χ0) is 12.8. The van der Waals surface area contributed by atoms with E-state index in [4.69, 9.17) is 0 Å². The summed E-state index contributed by atoms with van der Waals surface area (Å²) in [6, 6.07) is 7.62. The van der Waals surface area contributed by atoms with Crippen molar-refractivity contribution < 1.29 is 9.59 Å². The highest BCUT2D eigenvalue weighted by Crippen LogP contribution is 2.19. The lowest BCUT2D eigenvalue weighted by Gasteiger charge is -1.97. The van der Waals surface area contributed by atoms with Crippen molar-refractivity contribution in [3.63, 3.8) is 0 Å². The topological polar surface area (TPSA) is 34.1 Å². The van der Waals surface area contributed by atoms with Crippen molar-refractivity contribution in [3.05, 3.63) is 55.9 Å². The van der Waals surface area contributed by atoms with Crippen LogP contribution in [-0.4, -0.2) is 12.6 Å². The van der Waals surface area contributed by atoms with Gasteiger partial charge in [-0.25, -0.2) is 0 Å². The number of hydrogen-bond acceptors (Lipinski definition) is 4. The lowest BCUT2D eigenvalue weighted by molar-refractivity contribution is -0.107. The van der Waals surface area contributed by atoms with Crippen molar-refractivity contribution in [2.45, 2.75) is 0 Å². The van der Waals surface area contributed by atoms with Crippen LogP contribution < -0.4 is 0 Å². The fourth-order valence-electron chi connectivity index (χ4n) is 1.42. The lowest BCUT2D eigenvalue weighted by Crippen LogP contribution is -1.92. The summed E-state index contributed by atoms with van der Waals surface area (Å²) in [7, 11) is 0. The standard InChI is InChI=1S/C14H10O2S2/c15-9-11(7-13-3-1-5-17-13)12(10-16)8-14-4-2-6-18-14/h1-10H/b11-7+,12-8+. The van der Waals surface area contributed by atoms with E-state index in [1.165, 1.54) is 22.7 Å². The second kappa shape index (κ2) is 6.23. The molecule has 2 aromatic heterocycles. The molecule has 0 radical (unpaired) electrons. The van der Waals surface area contributed by atoms with Crippen LogP contribution in [-0.2, 0) is 9.59 Å². The Morgan fingerprint density at radius 2 is 1.28 bits per heavy atom. The molecule has 0 aliphatic heterocycles. The number of aldehydes is 2. The van der Waals surface area contributed by atoms with Gasteiger partial charge in [0.25, 0.3) is 0 Å². The molecule has 0 unspecified atom stereocenters. The van der Waals surface area contributed by atoms with Gasteiger partial charge in [-0.15, -0.1) is 22.7 Å². The predicted molar refractivity (Wildman–Crippen MR) is 76.7 cm³/mol. The Morgan fingerprint density at radius 3 is 1.56 bits per heavy atom. The van der Waals surface area contributed by atoms with E-state index in [1.807, 2.05) is 35.0 Å². The number of allylic oxidation sites excluding steroid dienone is 2. The van der Waals surface area contributed by atoms with E-state index in [9.17, 15) is 9.59 Å². The van der Waals surface area contributed by atoms with Crippen LogP contribution in [0.2, 0.25) is 0 Å². The minimum Gasteiger partial charge on any atom is -0.298 e. The average Bonchev–Trinajstić information content (AvgIpc) is 3.06. The third-order valence-electron chi connectivity index (χ3n) is 2.27. The zero-order valence-electron chi connectivity index (χ0n) is 9.41. The second-order valence-corrected chi connectivity index (χ2v) is 5.42. The Kier molecular flexibility index (Phi) is 4.39. The molecule has 2 aromatic rings. The van der Waals surface area contributed by atoms with Gasteiger partial charge in [-0.1, -0.05) is 12.1 Å². The Bertz CT molecular complexity index is 521. The highest BCUT2D eigenvalue weighted by Gasteiger charge is 2.05. The molecule has 4 heteroatoms. The highest BCUT2D eigenvalue weighted by atomic mass is 32.1. The van der Waals surface area contributed by atoms with Crippen LogP contribution in [0, 0.1) is 0 Å². The van der Waals surface area contributed by atoms with Crippen LogP contribution in [0.5, 0.6) is 0 Å². The number of carbonyl (C=O) groups excluding carboxylic acids is 2. The Labute approximate surface area is 113 Å². The molecular weight excluding hydrogens is 264 g/mol. The van der Waals surface area contributed by atoms with Crippen LogP contribution in [0.25, 0.3) is 12.2 Å². The normalized spacial score (nSPS) is 12.4. The van der Waals surface area contributed by atoms with Crippen molar-refractivity contribution in [1.29, 1.82) is 0 Å². The molecule has 0 saturated carbocycles. The minimum absolute atomic E-state index is 0.404. The van der Waals surface area contributed by atoms with Crippen LogP contribution in [0.4, 0.5) is 0 Å². The Hall–Kier alpha value is -1.78. The fourth-order valence-corrected chi connectivity index (χ4v) is 2.76. The molecule has 0 aromatic carbocycles. The highest BCUT2D eigenvalue weighted by molar-refractivity contribution is 7.11. The van der Waals surface area contributed by atoms with Gasteiger partial charge < -0.3 is 0 Å². The zero-order valence-corrected chi connectivity index (χ0v) is 11.0. The van der Waals surface area contributed by atoms with Gasteiger partial charge in [0.15, 0.2) is 12.6 Å². The largest absolute Gasteiger partial charge is 0.298 e.